The van der Waals surface area contributed by atoms with E-state index in [2.05, 4.69) is 10.6 Å². The molecule has 4 rings (SSSR count). The summed E-state index contributed by atoms with van der Waals surface area (Å²) in [6, 6.07) is 23.6. The maximum atomic E-state index is 13.0. The van der Waals surface area contributed by atoms with Crippen LogP contribution in [-0.2, 0) is 22.6 Å². The maximum absolute atomic E-state index is 13.0. The zero-order chi connectivity index (χ0) is 24.1. The van der Waals surface area contributed by atoms with Crippen molar-refractivity contribution in [3.05, 3.63) is 101 Å². The second-order valence-corrected chi connectivity index (χ2v) is 8.50. The average Bonchev–Trinajstić information content (AvgIpc) is 2.84. The van der Waals surface area contributed by atoms with Gasteiger partial charge in [-0.2, -0.15) is 0 Å². The fourth-order valence-electron chi connectivity index (χ4n) is 4.29. The molecule has 3 aromatic rings. The number of carbonyl (C=O) groups is 3. The Kier molecular flexibility index (Phi) is 7.04. The minimum Gasteiger partial charge on any atom is -0.368 e. The van der Waals surface area contributed by atoms with Crippen molar-refractivity contribution in [1.29, 1.82) is 0 Å². The monoisotopic (exact) mass is 456 g/mol. The van der Waals surface area contributed by atoms with Crippen LogP contribution < -0.4 is 16.4 Å². The van der Waals surface area contributed by atoms with Crippen molar-refractivity contribution in [2.24, 2.45) is 5.73 Å². The number of amides is 3. The molecule has 7 heteroatoms. The lowest BCUT2D eigenvalue weighted by Crippen LogP contribution is -2.51. The summed E-state index contributed by atoms with van der Waals surface area (Å²) in [5, 5.41) is 5.82. The van der Waals surface area contributed by atoms with Gasteiger partial charge >= 0.3 is 0 Å². The van der Waals surface area contributed by atoms with Crippen molar-refractivity contribution in [2.75, 3.05) is 11.9 Å². The number of hydrogen-bond acceptors (Lipinski definition) is 4. The predicted molar refractivity (Wildman–Crippen MR) is 131 cm³/mol. The van der Waals surface area contributed by atoms with Gasteiger partial charge in [-0.05, 0) is 42.2 Å². The van der Waals surface area contributed by atoms with Gasteiger partial charge in [0.15, 0.2) is 0 Å². The van der Waals surface area contributed by atoms with Crippen molar-refractivity contribution >= 4 is 23.4 Å². The summed E-state index contributed by atoms with van der Waals surface area (Å²) in [6.45, 7) is 2.35. The van der Waals surface area contributed by atoms with E-state index in [1.54, 1.807) is 29.2 Å². The lowest BCUT2D eigenvalue weighted by molar-refractivity contribution is -0.125. The Morgan fingerprint density at radius 2 is 1.59 bits per heavy atom. The highest BCUT2D eigenvalue weighted by Crippen LogP contribution is 2.24. The minimum absolute atomic E-state index is 0.0156. The first-order valence-corrected chi connectivity index (χ1v) is 11.3. The molecule has 3 aromatic carbocycles. The fourth-order valence-corrected chi connectivity index (χ4v) is 4.29. The summed E-state index contributed by atoms with van der Waals surface area (Å²) in [6.07, 6.45) is 0.467. The van der Waals surface area contributed by atoms with Gasteiger partial charge in [0.2, 0.25) is 11.8 Å². The van der Waals surface area contributed by atoms with Crippen LogP contribution in [0.2, 0.25) is 0 Å². The molecule has 34 heavy (non-hydrogen) atoms. The number of nitrogens with two attached hydrogens (primary N) is 1. The third-order valence-electron chi connectivity index (χ3n) is 6.11. The quantitative estimate of drug-likeness (QED) is 0.508. The van der Waals surface area contributed by atoms with Crippen LogP contribution in [-0.4, -0.2) is 35.2 Å². The summed E-state index contributed by atoms with van der Waals surface area (Å²) in [5.74, 6) is -1.06. The zero-order valence-corrected chi connectivity index (χ0v) is 19.0. The van der Waals surface area contributed by atoms with E-state index < -0.39 is 11.9 Å². The molecule has 1 aliphatic rings. The highest BCUT2D eigenvalue weighted by Gasteiger charge is 2.31. The first-order chi connectivity index (χ1) is 16.4. The Bertz CT molecular complexity index is 1200. The third kappa shape index (κ3) is 5.32. The number of primary amides is 1. The van der Waals surface area contributed by atoms with Crippen molar-refractivity contribution in [3.8, 4) is 0 Å². The molecule has 1 unspecified atom stereocenters. The Morgan fingerprint density at radius 1 is 0.941 bits per heavy atom. The summed E-state index contributed by atoms with van der Waals surface area (Å²) in [7, 11) is 0. The molecule has 0 saturated carbocycles. The lowest BCUT2D eigenvalue weighted by Gasteiger charge is -2.34. The number of anilines is 1. The molecule has 7 nitrogen and oxygen atoms in total. The molecule has 1 heterocycles. The van der Waals surface area contributed by atoms with Crippen LogP contribution in [0.3, 0.4) is 0 Å². The minimum atomic E-state index is -0.564. The van der Waals surface area contributed by atoms with E-state index in [1.807, 2.05) is 61.5 Å². The highest BCUT2D eigenvalue weighted by atomic mass is 16.2. The summed E-state index contributed by atoms with van der Waals surface area (Å²) < 4.78 is 0. The molecule has 0 spiro atoms. The standard InChI is InChI=1S/C27H28N4O3/c1-18(19-9-3-2-4-10-19)29-27(34)22-13-7-8-14-23(22)30-25(32)17-31-16-21-12-6-5-11-20(21)15-24(31)26(28)33/h2-14,18,24H,15-17H2,1H3,(H2,28,33)(H,29,34)(H,30,32)/t18?,24-/m0/s1. The van der Waals surface area contributed by atoms with Crippen LogP contribution in [0.4, 0.5) is 5.69 Å². The van der Waals surface area contributed by atoms with Crippen LogP contribution in [0.1, 0.15) is 40.0 Å². The van der Waals surface area contributed by atoms with Gasteiger partial charge < -0.3 is 16.4 Å². The number of benzene rings is 3. The molecule has 0 radical (unpaired) electrons. The molecule has 3 amide bonds. The van der Waals surface area contributed by atoms with Gasteiger partial charge in [0, 0.05) is 6.54 Å². The maximum Gasteiger partial charge on any atom is 0.253 e. The summed E-state index contributed by atoms with van der Waals surface area (Å²) in [4.78, 5) is 39.8. The predicted octanol–water partition coefficient (Wildman–Crippen LogP) is 3.03. The zero-order valence-electron chi connectivity index (χ0n) is 19.0. The van der Waals surface area contributed by atoms with Crippen molar-refractivity contribution < 1.29 is 14.4 Å². The van der Waals surface area contributed by atoms with Gasteiger partial charge in [0.05, 0.1) is 29.9 Å². The molecule has 1 aliphatic heterocycles. The van der Waals surface area contributed by atoms with E-state index in [0.29, 0.717) is 24.2 Å². The molecular weight excluding hydrogens is 428 g/mol. The number of nitrogens with zero attached hydrogens (tertiary/aromatic N) is 1. The fraction of sp³-hybridized carbons (Fsp3) is 0.222. The van der Waals surface area contributed by atoms with Crippen LogP contribution in [0, 0.1) is 0 Å². The van der Waals surface area contributed by atoms with Crippen molar-refractivity contribution in [3.63, 3.8) is 0 Å². The normalized spacial score (nSPS) is 16.2. The van der Waals surface area contributed by atoms with Gasteiger partial charge in [0.1, 0.15) is 0 Å². The van der Waals surface area contributed by atoms with Crippen LogP contribution >= 0.6 is 0 Å². The molecule has 0 aliphatic carbocycles. The van der Waals surface area contributed by atoms with E-state index in [9.17, 15) is 14.4 Å². The number of hydrogen-bond donors (Lipinski definition) is 3. The van der Waals surface area contributed by atoms with Crippen molar-refractivity contribution in [2.45, 2.75) is 32.0 Å². The second kappa shape index (κ2) is 10.3. The van der Waals surface area contributed by atoms with Crippen LogP contribution in [0.5, 0.6) is 0 Å². The largest absolute Gasteiger partial charge is 0.368 e. The number of nitrogens with one attached hydrogen (secondary N) is 2. The topological polar surface area (TPSA) is 105 Å². The molecule has 4 N–H and O–H groups in total. The van der Waals surface area contributed by atoms with Gasteiger partial charge in [-0.15, -0.1) is 0 Å². The van der Waals surface area contributed by atoms with Gasteiger partial charge in [-0.1, -0.05) is 66.7 Å². The molecule has 0 bridgehead atoms. The average molecular weight is 457 g/mol. The van der Waals surface area contributed by atoms with E-state index >= 15 is 0 Å². The molecule has 0 fully saturated rings. The number of carbonyl (C=O) groups excluding carboxylic acids is 3. The number of rotatable bonds is 7. The highest BCUT2D eigenvalue weighted by molar-refractivity contribution is 6.04. The van der Waals surface area contributed by atoms with Crippen molar-refractivity contribution in [1.82, 2.24) is 10.2 Å². The first kappa shape index (κ1) is 23.2. The van der Waals surface area contributed by atoms with Gasteiger partial charge in [-0.3, -0.25) is 19.3 Å². The number of para-hydroxylation sites is 1. The van der Waals surface area contributed by atoms with Crippen LogP contribution in [0.15, 0.2) is 78.9 Å². The van der Waals surface area contributed by atoms with Crippen LogP contribution in [0.25, 0.3) is 0 Å². The molecule has 0 aromatic heterocycles. The van der Waals surface area contributed by atoms with E-state index in [1.165, 1.54) is 0 Å². The smallest absolute Gasteiger partial charge is 0.253 e. The molecule has 2 atom stereocenters. The van der Waals surface area contributed by atoms with Gasteiger partial charge in [-0.25, -0.2) is 0 Å². The third-order valence-corrected chi connectivity index (χ3v) is 6.11. The summed E-state index contributed by atoms with van der Waals surface area (Å²) >= 11 is 0. The summed E-state index contributed by atoms with van der Waals surface area (Å²) in [5.41, 5.74) is 9.55. The first-order valence-electron chi connectivity index (χ1n) is 11.3. The Labute approximate surface area is 199 Å². The lowest BCUT2D eigenvalue weighted by atomic mass is 9.93. The Balaban J connectivity index is 1.45. The van der Waals surface area contributed by atoms with E-state index in [4.69, 9.17) is 5.73 Å². The second-order valence-electron chi connectivity index (χ2n) is 8.50. The molecule has 0 saturated heterocycles. The number of fused-ring (bicyclic) bond motifs is 1. The van der Waals surface area contributed by atoms with Gasteiger partial charge in [0.25, 0.3) is 5.91 Å². The van der Waals surface area contributed by atoms with E-state index in [0.717, 1.165) is 16.7 Å². The Morgan fingerprint density at radius 3 is 2.32 bits per heavy atom. The SMILES string of the molecule is CC(NC(=O)c1ccccc1NC(=O)CN1Cc2ccccc2C[C@H]1C(N)=O)c1ccccc1. The molecule has 174 valence electrons. The molecular formula is C27H28N4O3. The Hall–Kier alpha value is -3.97. The van der Waals surface area contributed by atoms with E-state index in [-0.39, 0.29) is 24.4 Å².